The molecule has 3 rings (SSSR count). The van der Waals surface area contributed by atoms with Crippen molar-refractivity contribution in [3.05, 3.63) is 16.8 Å². The molecular formula is C16H23ClN4OS2. The fourth-order valence-corrected chi connectivity index (χ4v) is 4.75. The van der Waals surface area contributed by atoms with E-state index in [0.717, 1.165) is 34.9 Å². The molecule has 1 aliphatic heterocycles. The monoisotopic (exact) mass is 386 g/mol. The summed E-state index contributed by atoms with van der Waals surface area (Å²) in [5.41, 5.74) is 1.22. The van der Waals surface area contributed by atoms with Crippen molar-refractivity contribution in [2.45, 2.75) is 31.7 Å². The number of aromatic nitrogens is 2. The molecule has 3 heterocycles. The highest BCUT2D eigenvalue weighted by molar-refractivity contribution is 8.00. The van der Waals surface area contributed by atoms with Gasteiger partial charge in [0.05, 0.1) is 5.75 Å². The van der Waals surface area contributed by atoms with Gasteiger partial charge in [-0.25, -0.2) is 9.97 Å². The molecule has 2 N–H and O–H groups in total. The maximum atomic E-state index is 12.1. The first-order chi connectivity index (χ1) is 11.1. The average Bonchev–Trinajstić information content (AvgIpc) is 2.87. The first-order valence-corrected chi connectivity index (χ1v) is 9.76. The van der Waals surface area contributed by atoms with E-state index in [1.807, 2.05) is 0 Å². The molecule has 0 aromatic carbocycles. The molecule has 2 aromatic rings. The minimum absolute atomic E-state index is 0. The maximum Gasteiger partial charge on any atom is 0.230 e. The van der Waals surface area contributed by atoms with Crippen molar-refractivity contribution in [2.24, 2.45) is 5.92 Å². The molecule has 5 nitrogen and oxygen atoms in total. The number of thioether (sulfide) groups is 1. The van der Waals surface area contributed by atoms with Crippen molar-refractivity contribution < 1.29 is 4.79 Å². The third-order valence-corrected chi connectivity index (χ3v) is 6.36. The van der Waals surface area contributed by atoms with E-state index in [1.54, 1.807) is 17.7 Å². The van der Waals surface area contributed by atoms with E-state index in [0.29, 0.717) is 11.7 Å². The van der Waals surface area contributed by atoms with E-state index in [4.69, 9.17) is 0 Å². The van der Waals surface area contributed by atoms with Gasteiger partial charge < -0.3 is 10.6 Å². The smallest absolute Gasteiger partial charge is 0.230 e. The molecule has 1 unspecified atom stereocenters. The zero-order chi connectivity index (χ0) is 16.2. The summed E-state index contributed by atoms with van der Waals surface area (Å²) in [5.74, 6) is 1.04. The number of carbonyl (C=O) groups excluding carboxylic acids is 1. The number of nitrogens with zero attached hydrogens (tertiary/aromatic N) is 2. The van der Waals surface area contributed by atoms with Crippen molar-refractivity contribution >= 4 is 51.6 Å². The molecule has 24 heavy (non-hydrogen) atoms. The van der Waals surface area contributed by atoms with E-state index in [1.165, 1.54) is 35.0 Å². The van der Waals surface area contributed by atoms with Crippen LogP contribution in [0.4, 0.5) is 0 Å². The van der Waals surface area contributed by atoms with Crippen LogP contribution in [0.1, 0.15) is 23.3 Å². The third kappa shape index (κ3) is 4.59. The molecule has 0 aliphatic carbocycles. The summed E-state index contributed by atoms with van der Waals surface area (Å²) in [6.45, 7) is 7.07. The van der Waals surface area contributed by atoms with Crippen LogP contribution in [0.25, 0.3) is 10.2 Å². The Labute approximate surface area is 156 Å². The molecule has 0 spiro atoms. The first-order valence-electron chi connectivity index (χ1n) is 7.96. The van der Waals surface area contributed by atoms with Crippen molar-refractivity contribution in [1.29, 1.82) is 0 Å². The van der Waals surface area contributed by atoms with Crippen molar-refractivity contribution in [3.8, 4) is 0 Å². The Morgan fingerprint density at radius 2 is 2.29 bits per heavy atom. The minimum atomic E-state index is 0. The predicted molar refractivity (Wildman–Crippen MR) is 103 cm³/mol. The van der Waals surface area contributed by atoms with E-state index < -0.39 is 0 Å². The van der Waals surface area contributed by atoms with E-state index in [9.17, 15) is 4.79 Å². The van der Waals surface area contributed by atoms with Crippen LogP contribution in [-0.4, -0.2) is 41.3 Å². The van der Waals surface area contributed by atoms with E-state index in [2.05, 4.69) is 34.4 Å². The van der Waals surface area contributed by atoms with Crippen LogP contribution in [-0.2, 0) is 4.79 Å². The average molecular weight is 387 g/mol. The Kier molecular flexibility index (Phi) is 7.28. The quantitative estimate of drug-likeness (QED) is 0.610. The summed E-state index contributed by atoms with van der Waals surface area (Å²) in [6.07, 6.45) is 3.98. The molecule has 0 bridgehead atoms. The van der Waals surface area contributed by atoms with Crippen LogP contribution >= 0.6 is 35.5 Å². The minimum Gasteiger partial charge on any atom is -0.355 e. The van der Waals surface area contributed by atoms with Gasteiger partial charge in [-0.05, 0) is 51.3 Å². The number of halogens is 1. The fraction of sp³-hybridized carbons (Fsp3) is 0.562. The van der Waals surface area contributed by atoms with Crippen LogP contribution in [0, 0.1) is 19.8 Å². The molecule has 2 aromatic heterocycles. The van der Waals surface area contributed by atoms with E-state index in [-0.39, 0.29) is 18.3 Å². The zero-order valence-electron chi connectivity index (χ0n) is 13.9. The highest BCUT2D eigenvalue weighted by Gasteiger charge is 2.16. The number of amides is 1. The lowest BCUT2D eigenvalue weighted by Gasteiger charge is -2.22. The number of carbonyl (C=O) groups is 1. The Morgan fingerprint density at radius 3 is 3.04 bits per heavy atom. The number of hydrogen-bond donors (Lipinski definition) is 2. The van der Waals surface area contributed by atoms with Gasteiger partial charge in [-0.1, -0.05) is 11.8 Å². The second kappa shape index (κ2) is 8.99. The van der Waals surface area contributed by atoms with Gasteiger partial charge in [0.2, 0.25) is 5.91 Å². The highest BCUT2D eigenvalue weighted by Crippen LogP contribution is 2.34. The largest absolute Gasteiger partial charge is 0.355 e. The van der Waals surface area contributed by atoms with Crippen molar-refractivity contribution in [1.82, 2.24) is 20.6 Å². The van der Waals surface area contributed by atoms with Crippen LogP contribution in [0.5, 0.6) is 0 Å². The molecule has 1 saturated heterocycles. The summed E-state index contributed by atoms with van der Waals surface area (Å²) in [5, 5.41) is 8.43. The lowest BCUT2D eigenvalue weighted by molar-refractivity contribution is -0.118. The van der Waals surface area contributed by atoms with Gasteiger partial charge in [0, 0.05) is 16.8 Å². The third-order valence-electron chi connectivity index (χ3n) is 4.26. The van der Waals surface area contributed by atoms with Gasteiger partial charge in [-0.3, -0.25) is 4.79 Å². The van der Waals surface area contributed by atoms with Crippen molar-refractivity contribution in [2.75, 3.05) is 25.4 Å². The number of rotatable bonds is 5. The molecule has 1 atom stereocenters. The topological polar surface area (TPSA) is 66.9 Å². The van der Waals surface area contributed by atoms with Crippen LogP contribution in [0.2, 0.25) is 0 Å². The lowest BCUT2D eigenvalue weighted by atomic mass is 10.00. The van der Waals surface area contributed by atoms with Crippen LogP contribution in [0.15, 0.2) is 11.4 Å². The second-order valence-electron chi connectivity index (χ2n) is 5.95. The maximum absolute atomic E-state index is 12.1. The SMILES string of the molecule is Cc1sc2ncnc(SCC(=O)NCC3CCCNC3)c2c1C.Cl. The van der Waals surface area contributed by atoms with Gasteiger partial charge in [-0.15, -0.1) is 23.7 Å². The summed E-state index contributed by atoms with van der Waals surface area (Å²) in [6, 6.07) is 0. The Morgan fingerprint density at radius 1 is 1.46 bits per heavy atom. The highest BCUT2D eigenvalue weighted by atomic mass is 35.5. The second-order valence-corrected chi connectivity index (χ2v) is 8.11. The lowest BCUT2D eigenvalue weighted by Crippen LogP contribution is -2.38. The number of hydrogen-bond acceptors (Lipinski definition) is 6. The normalized spacial score (nSPS) is 17.5. The van der Waals surface area contributed by atoms with Gasteiger partial charge in [-0.2, -0.15) is 0 Å². The number of aryl methyl sites for hydroxylation is 2. The van der Waals surface area contributed by atoms with Gasteiger partial charge in [0.1, 0.15) is 16.2 Å². The predicted octanol–water partition coefficient (Wildman–Crippen LogP) is 2.94. The van der Waals surface area contributed by atoms with Crippen LogP contribution in [0.3, 0.4) is 0 Å². The fourth-order valence-electron chi connectivity index (χ4n) is 2.80. The number of thiophene rings is 1. The molecule has 1 amide bonds. The molecule has 0 radical (unpaired) electrons. The van der Waals surface area contributed by atoms with Gasteiger partial charge in [0.25, 0.3) is 0 Å². The standard InChI is InChI=1S/C16H22N4OS2.ClH/c1-10-11(2)23-16-14(10)15(19-9-20-16)22-8-13(21)18-7-12-4-3-5-17-6-12;/h9,12,17H,3-8H2,1-2H3,(H,18,21);1H. The van der Waals surface area contributed by atoms with Crippen molar-refractivity contribution in [3.63, 3.8) is 0 Å². The number of piperidine rings is 1. The molecule has 1 fully saturated rings. The van der Waals surface area contributed by atoms with E-state index >= 15 is 0 Å². The Bertz CT molecular complexity index is 701. The molecule has 1 aliphatic rings. The Hall–Kier alpha value is -0.890. The molecular weight excluding hydrogens is 364 g/mol. The van der Waals surface area contributed by atoms with Crippen LogP contribution < -0.4 is 10.6 Å². The van der Waals surface area contributed by atoms with Gasteiger partial charge >= 0.3 is 0 Å². The first kappa shape index (κ1) is 19.4. The molecule has 132 valence electrons. The Balaban J connectivity index is 0.00000208. The summed E-state index contributed by atoms with van der Waals surface area (Å²) in [4.78, 5) is 23.1. The summed E-state index contributed by atoms with van der Waals surface area (Å²) < 4.78 is 0. The zero-order valence-corrected chi connectivity index (χ0v) is 16.4. The summed E-state index contributed by atoms with van der Waals surface area (Å²) in [7, 11) is 0. The molecule has 8 heteroatoms. The number of fused-ring (bicyclic) bond motifs is 1. The number of nitrogens with one attached hydrogen (secondary N) is 2. The van der Waals surface area contributed by atoms with Gasteiger partial charge in [0.15, 0.2) is 0 Å². The molecule has 0 saturated carbocycles. The summed E-state index contributed by atoms with van der Waals surface area (Å²) >= 11 is 3.18.